The van der Waals surface area contributed by atoms with Crippen LogP contribution in [0.3, 0.4) is 0 Å². The van der Waals surface area contributed by atoms with Crippen LogP contribution in [0.4, 0.5) is 0 Å². The van der Waals surface area contributed by atoms with E-state index in [4.69, 9.17) is 0 Å². The first-order chi connectivity index (χ1) is 8.25. The third-order valence-corrected chi connectivity index (χ3v) is 2.60. The van der Waals surface area contributed by atoms with Crippen molar-refractivity contribution >= 4 is 11.0 Å². The van der Waals surface area contributed by atoms with Crippen molar-refractivity contribution < 1.29 is 5.11 Å². The Morgan fingerprint density at radius 3 is 2.24 bits per heavy atom. The van der Waals surface area contributed by atoms with Gasteiger partial charge < -0.3 is 5.11 Å². The molecule has 4 heteroatoms. The van der Waals surface area contributed by atoms with Gasteiger partial charge in [0.1, 0.15) is 22.5 Å². The molecule has 2 aromatic carbocycles. The summed E-state index contributed by atoms with van der Waals surface area (Å²) >= 11 is 0. The molecule has 0 atom stereocenters. The van der Waals surface area contributed by atoms with Gasteiger partial charge in [-0.25, -0.2) is 0 Å². The van der Waals surface area contributed by atoms with Crippen LogP contribution in [-0.4, -0.2) is 20.1 Å². The molecule has 1 heterocycles. The highest BCUT2D eigenvalue weighted by Crippen LogP contribution is 2.24. The minimum absolute atomic E-state index is 0.104. The molecule has 0 unspecified atom stereocenters. The Hall–Kier alpha value is -2.36. The third-order valence-electron chi connectivity index (χ3n) is 2.60. The van der Waals surface area contributed by atoms with Crippen LogP contribution in [0.2, 0.25) is 0 Å². The van der Waals surface area contributed by atoms with Gasteiger partial charge in [0.25, 0.3) is 0 Å². The van der Waals surface area contributed by atoms with E-state index in [1.165, 1.54) is 4.80 Å². The normalized spacial score (nSPS) is 10.9. The van der Waals surface area contributed by atoms with Gasteiger partial charge in [0.05, 0.1) is 0 Å². The lowest BCUT2D eigenvalue weighted by Gasteiger charge is -2.04. The molecule has 0 aliphatic rings. The summed E-state index contributed by atoms with van der Waals surface area (Å²) in [6, 6.07) is 12.9. The summed E-state index contributed by atoms with van der Waals surface area (Å²) in [6.07, 6.45) is 0. The highest BCUT2D eigenvalue weighted by atomic mass is 16.3. The van der Waals surface area contributed by atoms with Gasteiger partial charge >= 0.3 is 0 Å². The molecule has 0 bridgehead atoms. The Kier molecular flexibility index (Phi) is 2.08. The molecular weight excluding hydrogens is 214 g/mol. The molecule has 0 saturated carbocycles. The van der Waals surface area contributed by atoms with E-state index in [0.29, 0.717) is 11.3 Å². The molecule has 3 aromatic rings. The Morgan fingerprint density at radius 1 is 0.941 bits per heavy atom. The molecular formula is C13H10N3O. The van der Waals surface area contributed by atoms with Crippen LogP contribution in [0.5, 0.6) is 5.75 Å². The predicted octanol–water partition coefficient (Wildman–Crippen LogP) is 2.31. The number of rotatable bonds is 1. The van der Waals surface area contributed by atoms with E-state index < -0.39 is 0 Å². The Labute approximate surface area is 98.1 Å². The molecule has 0 amide bonds. The van der Waals surface area contributed by atoms with Crippen molar-refractivity contribution in [2.45, 2.75) is 0 Å². The molecule has 3 rings (SSSR count). The fourth-order valence-corrected chi connectivity index (χ4v) is 1.71. The smallest absolute Gasteiger partial charge is 0.146 e. The molecule has 83 valence electrons. The highest BCUT2D eigenvalue weighted by Gasteiger charge is 2.09. The van der Waals surface area contributed by atoms with Gasteiger partial charge in [-0.05, 0) is 30.7 Å². The van der Waals surface area contributed by atoms with E-state index in [1.807, 2.05) is 30.3 Å². The number of aromatic hydroxyl groups is 1. The van der Waals surface area contributed by atoms with Gasteiger partial charge in [-0.2, -0.15) is 0 Å². The van der Waals surface area contributed by atoms with Crippen molar-refractivity contribution in [3.05, 3.63) is 55.0 Å². The average Bonchev–Trinajstić information content (AvgIpc) is 2.76. The zero-order valence-electron chi connectivity index (χ0n) is 9.04. The molecule has 0 aliphatic heterocycles. The van der Waals surface area contributed by atoms with E-state index in [9.17, 15) is 5.11 Å². The fraction of sp³-hybridized carbons (Fsp3) is 0. The lowest BCUT2D eigenvalue weighted by Crippen LogP contribution is -1.99. The molecule has 0 spiro atoms. The van der Waals surface area contributed by atoms with Crippen molar-refractivity contribution in [2.24, 2.45) is 0 Å². The summed E-state index contributed by atoms with van der Waals surface area (Å²) in [5.41, 5.74) is 2.68. The van der Waals surface area contributed by atoms with Crippen LogP contribution in [0.1, 0.15) is 5.56 Å². The fourth-order valence-electron chi connectivity index (χ4n) is 1.71. The van der Waals surface area contributed by atoms with Crippen molar-refractivity contribution in [3.63, 3.8) is 0 Å². The minimum atomic E-state index is 0.104. The maximum atomic E-state index is 9.91. The van der Waals surface area contributed by atoms with Crippen molar-refractivity contribution in [1.29, 1.82) is 0 Å². The standard InChI is InChI=1S/C13H10N3O/c1-9-5-4-8-12(13(9)17)16-14-10-6-2-3-7-11(10)15-16/h2-8,17H,1H2. The van der Waals surface area contributed by atoms with E-state index in [1.54, 1.807) is 12.1 Å². The molecule has 17 heavy (non-hydrogen) atoms. The number of benzene rings is 2. The first-order valence-electron chi connectivity index (χ1n) is 5.22. The molecule has 1 radical (unpaired) electrons. The SMILES string of the molecule is [CH2]c1cccc(-n2nc3ccccc3n2)c1O. The summed E-state index contributed by atoms with van der Waals surface area (Å²) in [4.78, 5) is 1.43. The molecule has 1 N–H and O–H groups in total. The molecule has 0 aliphatic carbocycles. The maximum absolute atomic E-state index is 9.91. The Bertz CT molecular complexity index is 655. The first-order valence-corrected chi connectivity index (χ1v) is 5.22. The van der Waals surface area contributed by atoms with E-state index in [0.717, 1.165) is 11.0 Å². The zero-order valence-corrected chi connectivity index (χ0v) is 9.04. The number of phenols is 1. The summed E-state index contributed by atoms with van der Waals surface area (Å²) in [5.74, 6) is 0.104. The average molecular weight is 224 g/mol. The van der Waals surface area contributed by atoms with Gasteiger partial charge in [0.2, 0.25) is 0 Å². The summed E-state index contributed by atoms with van der Waals surface area (Å²) in [6.45, 7) is 3.74. The number of nitrogens with zero attached hydrogens (tertiary/aromatic N) is 3. The molecule has 4 nitrogen and oxygen atoms in total. The van der Waals surface area contributed by atoms with Crippen LogP contribution in [-0.2, 0) is 0 Å². The number of para-hydroxylation sites is 1. The highest BCUT2D eigenvalue weighted by molar-refractivity contribution is 5.73. The quantitative estimate of drug-likeness (QED) is 0.690. The Morgan fingerprint density at radius 2 is 1.59 bits per heavy atom. The van der Waals surface area contributed by atoms with Crippen molar-refractivity contribution in [1.82, 2.24) is 15.0 Å². The van der Waals surface area contributed by atoms with Gasteiger partial charge in [-0.1, -0.05) is 24.3 Å². The first kappa shape index (κ1) is 9.84. The van der Waals surface area contributed by atoms with Gasteiger partial charge in [0.15, 0.2) is 0 Å². The van der Waals surface area contributed by atoms with Crippen LogP contribution in [0, 0.1) is 6.92 Å². The maximum Gasteiger partial charge on any atom is 0.146 e. The number of aromatic nitrogens is 3. The van der Waals surface area contributed by atoms with Crippen LogP contribution < -0.4 is 0 Å². The topological polar surface area (TPSA) is 50.9 Å². The molecule has 1 aromatic heterocycles. The lowest BCUT2D eigenvalue weighted by atomic mass is 10.2. The van der Waals surface area contributed by atoms with E-state index >= 15 is 0 Å². The number of hydrogen-bond donors (Lipinski definition) is 1. The summed E-state index contributed by atoms with van der Waals surface area (Å²) in [5, 5.41) is 18.5. The molecule has 0 fully saturated rings. The number of hydrogen-bond acceptors (Lipinski definition) is 3. The number of fused-ring (bicyclic) bond motifs is 1. The van der Waals surface area contributed by atoms with Gasteiger partial charge in [0, 0.05) is 0 Å². The van der Waals surface area contributed by atoms with Crippen molar-refractivity contribution in [3.8, 4) is 11.4 Å². The van der Waals surface area contributed by atoms with E-state index in [2.05, 4.69) is 17.1 Å². The monoisotopic (exact) mass is 224 g/mol. The predicted molar refractivity (Wildman–Crippen MR) is 65.0 cm³/mol. The zero-order chi connectivity index (χ0) is 11.8. The molecule has 0 saturated heterocycles. The van der Waals surface area contributed by atoms with Crippen molar-refractivity contribution in [2.75, 3.05) is 0 Å². The van der Waals surface area contributed by atoms with Crippen LogP contribution >= 0.6 is 0 Å². The van der Waals surface area contributed by atoms with Gasteiger partial charge in [-0.15, -0.1) is 15.0 Å². The van der Waals surface area contributed by atoms with E-state index in [-0.39, 0.29) is 5.75 Å². The summed E-state index contributed by atoms with van der Waals surface area (Å²) < 4.78 is 0. The number of phenolic OH excluding ortho intramolecular Hbond substituents is 1. The largest absolute Gasteiger partial charge is 0.505 e. The third kappa shape index (κ3) is 1.54. The summed E-state index contributed by atoms with van der Waals surface area (Å²) in [7, 11) is 0. The van der Waals surface area contributed by atoms with Crippen LogP contribution in [0.25, 0.3) is 16.7 Å². The second-order valence-corrected chi connectivity index (χ2v) is 3.76. The minimum Gasteiger partial charge on any atom is -0.505 e. The Balaban J connectivity index is 2.24. The van der Waals surface area contributed by atoms with Crippen LogP contribution in [0.15, 0.2) is 42.5 Å². The van der Waals surface area contributed by atoms with Gasteiger partial charge in [-0.3, -0.25) is 0 Å². The second kappa shape index (κ2) is 3.59. The lowest BCUT2D eigenvalue weighted by molar-refractivity contribution is 0.465. The second-order valence-electron chi connectivity index (χ2n) is 3.76.